The first kappa shape index (κ1) is 10.1. The molecule has 1 aromatic heterocycles. The lowest BCUT2D eigenvalue weighted by Crippen LogP contribution is -2.09. The third-order valence-electron chi connectivity index (χ3n) is 2.05. The van der Waals surface area contributed by atoms with E-state index in [0.717, 1.165) is 5.69 Å². The minimum atomic E-state index is -0.0242. The minimum absolute atomic E-state index is 0.0242. The van der Waals surface area contributed by atoms with Gasteiger partial charge in [0, 0.05) is 18.1 Å². The molecule has 0 radical (unpaired) electrons. The number of ketones is 1. The fourth-order valence-electron chi connectivity index (χ4n) is 1.37. The largest absolute Gasteiger partial charge is 0.297 e. The molecule has 4 heteroatoms. The second kappa shape index (κ2) is 4.40. The second-order valence-corrected chi connectivity index (χ2v) is 3.57. The Hall–Kier alpha value is -1.42. The average Bonchev–Trinajstić information content (AvgIpc) is 2.78. The number of rotatable bonds is 3. The van der Waals surface area contributed by atoms with Crippen molar-refractivity contribution in [1.82, 2.24) is 9.55 Å². The number of aromatic nitrogens is 2. The van der Waals surface area contributed by atoms with Crippen LogP contribution in [0.3, 0.4) is 0 Å². The first-order valence-electron chi connectivity index (χ1n) is 4.51. The maximum Gasteiger partial charge on any atom is 0.209 e. The van der Waals surface area contributed by atoms with Gasteiger partial charge in [-0.1, -0.05) is 34.1 Å². The van der Waals surface area contributed by atoms with Gasteiger partial charge in [-0.05, 0) is 12.1 Å². The Kier molecular flexibility index (Phi) is 2.97. The van der Waals surface area contributed by atoms with E-state index in [-0.39, 0.29) is 11.1 Å². The number of Topliss-reactive ketones (excluding diaryl/α,β-unsaturated/α-hetero) is 1. The standard InChI is InChI=1S/C11H9BrN2O/c12-8-10(15)11-13-6-7-14(11)9-4-2-1-3-5-9/h1-7H,8H2. The van der Waals surface area contributed by atoms with Gasteiger partial charge in [-0.15, -0.1) is 0 Å². The molecule has 76 valence electrons. The van der Waals surface area contributed by atoms with Gasteiger partial charge in [0.15, 0.2) is 5.82 Å². The van der Waals surface area contributed by atoms with Gasteiger partial charge in [-0.2, -0.15) is 0 Å². The summed E-state index contributed by atoms with van der Waals surface area (Å²) < 4.78 is 1.78. The zero-order chi connectivity index (χ0) is 10.7. The van der Waals surface area contributed by atoms with Crippen LogP contribution in [-0.2, 0) is 0 Å². The van der Waals surface area contributed by atoms with Gasteiger partial charge in [-0.3, -0.25) is 9.36 Å². The highest BCUT2D eigenvalue weighted by Crippen LogP contribution is 2.10. The number of para-hydroxylation sites is 1. The summed E-state index contributed by atoms with van der Waals surface area (Å²) in [6.45, 7) is 0. The third kappa shape index (κ3) is 1.99. The molecule has 0 amide bonds. The van der Waals surface area contributed by atoms with Crippen LogP contribution in [-0.4, -0.2) is 20.7 Å². The van der Waals surface area contributed by atoms with Gasteiger partial charge in [-0.25, -0.2) is 4.98 Å². The molecule has 0 aliphatic carbocycles. The lowest BCUT2D eigenvalue weighted by molar-refractivity contribution is 0.101. The molecule has 1 heterocycles. The van der Waals surface area contributed by atoms with E-state index >= 15 is 0 Å². The number of carbonyl (C=O) groups excluding carboxylic acids is 1. The number of nitrogens with zero attached hydrogens (tertiary/aromatic N) is 2. The molecule has 0 N–H and O–H groups in total. The highest BCUT2D eigenvalue weighted by molar-refractivity contribution is 9.09. The maximum absolute atomic E-state index is 11.5. The van der Waals surface area contributed by atoms with Crippen LogP contribution in [0.25, 0.3) is 5.69 Å². The summed E-state index contributed by atoms with van der Waals surface area (Å²) in [4.78, 5) is 15.6. The van der Waals surface area contributed by atoms with E-state index in [1.807, 2.05) is 30.3 Å². The van der Waals surface area contributed by atoms with Gasteiger partial charge >= 0.3 is 0 Å². The number of carbonyl (C=O) groups is 1. The molecular formula is C11H9BrN2O. The molecule has 3 nitrogen and oxygen atoms in total. The zero-order valence-electron chi connectivity index (χ0n) is 7.93. The molecule has 15 heavy (non-hydrogen) atoms. The van der Waals surface area contributed by atoms with Gasteiger partial charge in [0.05, 0.1) is 5.33 Å². The molecule has 0 unspecified atom stereocenters. The van der Waals surface area contributed by atoms with Crippen LogP contribution < -0.4 is 0 Å². The fourth-order valence-corrected chi connectivity index (χ4v) is 1.62. The minimum Gasteiger partial charge on any atom is -0.297 e. The van der Waals surface area contributed by atoms with E-state index in [1.54, 1.807) is 17.0 Å². The SMILES string of the molecule is O=C(CBr)c1nccn1-c1ccccc1. The monoisotopic (exact) mass is 264 g/mol. The molecule has 0 aliphatic heterocycles. The summed E-state index contributed by atoms with van der Waals surface area (Å²) >= 11 is 3.14. The van der Waals surface area contributed by atoms with Crippen LogP contribution >= 0.6 is 15.9 Å². The van der Waals surface area contributed by atoms with Crippen molar-refractivity contribution in [2.45, 2.75) is 0 Å². The van der Waals surface area contributed by atoms with Crippen molar-refractivity contribution in [3.8, 4) is 5.69 Å². The zero-order valence-corrected chi connectivity index (χ0v) is 9.52. The predicted molar refractivity (Wildman–Crippen MR) is 61.7 cm³/mol. The van der Waals surface area contributed by atoms with Crippen molar-refractivity contribution in [2.24, 2.45) is 0 Å². The summed E-state index contributed by atoms with van der Waals surface area (Å²) in [5, 5.41) is 0.289. The van der Waals surface area contributed by atoms with Crippen LogP contribution in [0.2, 0.25) is 0 Å². The molecule has 0 saturated carbocycles. The van der Waals surface area contributed by atoms with E-state index in [2.05, 4.69) is 20.9 Å². The number of benzene rings is 1. The number of halogens is 1. The van der Waals surface area contributed by atoms with E-state index in [1.165, 1.54) is 0 Å². The summed E-state index contributed by atoms with van der Waals surface area (Å²) in [7, 11) is 0. The Morgan fingerprint density at radius 3 is 2.73 bits per heavy atom. The summed E-state index contributed by atoms with van der Waals surface area (Å²) in [6, 6.07) is 9.67. The van der Waals surface area contributed by atoms with Crippen molar-refractivity contribution < 1.29 is 4.79 Å². The van der Waals surface area contributed by atoms with Crippen molar-refractivity contribution in [3.05, 3.63) is 48.5 Å². The highest BCUT2D eigenvalue weighted by atomic mass is 79.9. The first-order valence-corrected chi connectivity index (χ1v) is 5.63. The lowest BCUT2D eigenvalue weighted by atomic mass is 10.3. The number of hydrogen-bond donors (Lipinski definition) is 0. The Balaban J connectivity index is 2.46. The Labute approximate surface area is 95.9 Å². The van der Waals surface area contributed by atoms with Crippen molar-refractivity contribution >= 4 is 21.7 Å². The molecule has 2 aromatic rings. The van der Waals surface area contributed by atoms with Crippen LogP contribution in [0.4, 0.5) is 0 Å². The van der Waals surface area contributed by atoms with Crippen molar-refractivity contribution in [1.29, 1.82) is 0 Å². The van der Waals surface area contributed by atoms with Gasteiger partial charge in [0.1, 0.15) is 0 Å². The molecule has 2 rings (SSSR count). The Morgan fingerprint density at radius 1 is 1.33 bits per heavy atom. The van der Waals surface area contributed by atoms with Crippen LogP contribution in [0, 0.1) is 0 Å². The van der Waals surface area contributed by atoms with Crippen LogP contribution in [0.1, 0.15) is 10.6 Å². The average molecular weight is 265 g/mol. The van der Waals surface area contributed by atoms with Gasteiger partial charge < -0.3 is 0 Å². The molecule has 0 atom stereocenters. The number of alkyl halides is 1. The van der Waals surface area contributed by atoms with Gasteiger partial charge in [0.25, 0.3) is 0 Å². The quantitative estimate of drug-likeness (QED) is 0.631. The first-order chi connectivity index (χ1) is 7.33. The van der Waals surface area contributed by atoms with Gasteiger partial charge in [0.2, 0.25) is 5.78 Å². The third-order valence-corrected chi connectivity index (χ3v) is 2.56. The molecule has 0 fully saturated rings. The molecule has 0 bridgehead atoms. The van der Waals surface area contributed by atoms with E-state index < -0.39 is 0 Å². The summed E-state index contributed by atoms with van der Waals surface area (Å²) in [5.41, 5.74) is 0.944. The molecule has 0 saturated heterocycles. The normalized spacial score (nSPS) is 10.2. The second-order valence-electron chi connectivity index (χ2n) is 3.01. The van der Waals surface area contributed by atoms with E-state index in [4.69, 9.17) is 0 Å². The van der Waals surface area contributed by atoms with Crippen LogP contribution in [0.5, 0.6) is 0 Å². The van der Waals surface area contributed by atoms with E-state index in [9.17, 15) is 4.79 Å². The summed E-state index contributed by atoms with van der Waals surface area (Å²) in [5.74, 6) is 0.432. The smallest absolute Gasteiger partial charge is 0.209 e. The predicted octanol–water partition coefficient (Wildman–Crippen LogP) is 2.45. The topological polar surface area (TPSA) is 34.9 Å². The highest BCUT2D eigenvalue weighted by Gasteiger charge is 2.11. The molecule has 0 spiro atoms. The lowest BCUT2D eigenvalue weighted by Gasteiger charge is -2.05. The number of imidazole rings is 1. The van der Waals surface area contributed by atoms with Crippen molar-refractivity contribution in [2.75, 3.05) is 5.33 Å². The van der Waals surface area contributed by atoms with Crippen molar-refractivity contribution in [3.63, 3.8) is 0 Å². The Bertz CT molecular complexity index is 464. The fraction of sp³-hybridized carbons (Fsp3) is 0.0909. The molecule has 0 aliphatic rings. The van der Waals surface area contributed by atoms with E-state index in [0.29, 0.717) is 5.82 Å². The molecule has 1 aromatic carbocycles. The Morgan fingerprint density at radius 2 is 2.07 bits per heavy atom. The molecular weight excluding hydrogens is 256 g/mol. The number of hydrogen-bond acceptors (Lipinski definition) is 2. The maximum atomic E-state index is 11.5. The van der Waals surface area contributed by atoms with Crippen LogP contribution in [0.15, 0.2) is 42.7 Å². The summed E-state index contributed by atoms with van der Waals surface area (Å²) in [6.07, 6.45) is 3.41.